The lowest BCUT2D eigenvalue weighted by atomic mass is 9.95. The quantitative estimate of drug-likeness (QED) is 0.544. The summed E-state index contributed by atoms with van der Waals surface area (Å²) in [4.78, 5) is 34.5. The van der Waals surface area contributed by atoms with E-state index in [4.69, 9.17) is 4.74 Å². The first-order chi connectivity index (χ1) is 10.4. The lowest BCUT2D eigenvalue weighted by molar-refractivity contribution is -0.163. The SMILES string of the molecule is CCOC(=O)[C@@](F)(CCC(=O)OCc1ccccc1)C(C)=O. The molecule has 0 fully saturated rings. The largest absolute Gasteiger partial charge is 0.463 e. The normalized spacial score (nSPS) is 13.0. The third-order valence-electron chi connectivity index (χ3n) is 3.07. The summed E-state index contributed by atoms with van der Waals surface area (Å²) in [6.45, 7) is 2.47. The molecule has 0 aliphatic rings. The number of rotatable bonds is 8. The highest BCUT2D eigenvalue weighted by Gasteiger charge is 2.45. The predicted octanol–water partition coefficient (Wildman–Crippen LogP) is 2.37. The van der Waals surface area contributed by atoms with Crippen molar-refractivity contribution in [2.45, 2.75) is 39.0 Å². The Bertz CT molecular complexity index is 529. The average molecular weight is 310 g/mol. The van der Waals surface area contributed by atoms with Gasteiger partial charge in [0.25, 0.3) is 5.67 Å². The number of alkyl halides is 1. The third-order valence-corrected chi connectivity index (χ3v) is 3.07. The third kappa shape index (κ3) is 4.95. The van der Waals surface area contributed by atoms with Crippen molar-refractivity contribution in [2.24, 2.45) is 0 Å². The number of carbonyl (C=O) groups is 3. The predicted molar refractivity (Wildman–Crippen MR) is 76.6 cm³/mol. The van der Waals surface area contributed by atoms with Crippen molar-refractivity contribution in [3.8, 4) is 0 Å². The first-order valence-corrected chi connectivity index (χ1v) is 6.97. The number of hydrogen-bond acceptors (Lipinski definition) is 5. The Morgan fingerprint density at radius 2 is 1.77 bits per heavy atom. The van der Waals surface area contributed by atoms with Crippen molar-refractivity contribution in [3.05, 3.63) is 35.9 Å². The number of esters is 2. The minimum Gasteiger partial charge on any atom is -0.463 e. The summed E-state index contributed by atoms with van der Waals surface area (Å²) >= 11 is 0. The molecule has 0 bridgehead atoms. The van der Waals surface area contributed by atoms with Crippen molar-refractivity contribution in [2.75, 3.05) is 6.61 Å². The molecule has 0 radical (unpaired) electrons. The molecule has 0 heterocycles. The van der Waals surface area contributed by atoms with Crippen LogP contribution >= 0.6 is 0 Å². The Labute approximate surface area is 128 Å². The first kappa shape index (κ1) is 17.8. The fourth-order valence-electron chi connectivity index (χ4n) is 1.75. The van der Waals surface area contributed by atoms with Gasteiger partial charge in [0.05, 0.1) is 6.61 Å². The van der Waals surface area contributed by atoms with Crippen molar-refractivity contribution < 1.29 is 28.2 Å². The fraction of sp³-hybridized carbons (Fsp3) is 0.438. The van der Waals surface area contributed by atoms with E-state index in [0.717, 1.165) is 12.5 Å². The molecule has 0 amide bonds. The zero-order valence-electron chi connectivity index (χ0n) is 12.6. The average Bonchev–Trinajstić information content (AvgIpc) is 2.51. The molecule has 22 heavy (non-hydrogen) atoms. The Morgan fingerprint density at radius 1 is 1.14 bits per heavy atom. The maximum atomic E-state index is 14.4. The van der Waals surface area contributed by atoms with Gasteiger partial charge in [0.15, 0.2) is 5.78 Å². The number of carbonyl (C=O) groups excluding carboxylic acids is 3. The van der Waals surface area contributed by atoms with E-state index in [1.807, 2.05) is 6.07 Å². The van der Waals surface area contributed by atoms with E-state index in [9.17, 15) is 18.8 Å². The molecule has 0 saturated carbocycles. The molecule has 1 aromatic rings. The van der Waals surface area contributed by atoms with Gasteiger partial charge in [-0.2, -0.15) is 0 Å². The molecule has 0 aliphatic carbocycles. The molecule has 120 valence electrons. The summed E-state index contributed by atoms with van der Waals surface area (Å²) in [5, 5.41) is 0. The van der Waals surface area contributed by atoms with Crippen molar-refractivity contribution in [1.82, 2.24) is 0 Å². The van der Waals surface area contributed by atoms with Crippen molar-refractivity contribution in [3.63, 3.8) is 0 Å². The number of Topliss-reactive ketones (excluding diaryl/α,β-unsaturated/α-hetero) is 1. The molecular weight excluding hydrogens is 291 g/mol. The van der Waals surface area contributed by atoms with Crippen LogP contribution in [-0.2, 0) is 30.5 Å². The monoisotopic (exact) mass is 310 g/mol. The number of ketones is 1. The molecule has 0 N–H and O–H groups in total. The zero-order chi connectivity index (χ0) is 16.6. The van der Waals surface area contributed by atoms with Gasteiger partial charge in [-0.1, -0.05) is 30.3 Å². The van der Waals surface area contributed by atoms with Crippen LogP contribution in [0.5, 0.6) is 0 Å². The van der Waals surface area contributed by atoms with E-state index < -0.39 is 29.8 Å². The molecule has 1 aromatic carbocycles. The minimum atomic E-state index is -2.80. The molecular formula is C16H19FO5. The zero-order valence-corrected chi connectivity index (χ0v) is 12.6. The van der Waals surface area contributed by atoms with Crippen LogP contribution < -0.4 is 0 Å². The van der Waals surface area contributed by atoms with E-state index in [-0.39, 0.29) is 19.6 Å². The van der Waals surface area contributed by atoms with Crippen LogP contribution in [0.1, 0.15) is 32.3 Å². The van der Waals surface area contributed by atoms with Gasteiger partial charge in [-0.3, -0.25) is 9.59 Å². The second kappa shape index (κ2) is 8.26. The van der Waals surface area contributed by atoms with Gasteiger partial charge in [-0.05, 0) is 19.4 Å². The van der Waals surface area contributed by atoms with E-state index in [0.29, 0.717) is 0 Å². The standard InChI is InChI=1S/C16H19FO5/c1-3-21-15(20)16(17,12(2)18)10-9-14(19)22-11-13-7-5-4-6-8-13/h4-8H,3,9-11H2,1-2H3/t16-/m1/s1. The lowest BCUT2D eigenvalue weighted by Gasteiger charge is -2.19. The summed E-state index contributed by atoms with van der Waals surface area (Å²) in [6, 6.07) is 8.98. The smallest absolute Gasteiger partial charge is 0.351 e. The Kier molecular flexibility index (Phi) is 6.69. The van der Waals surface area contributed by atoms with E-state index >= 15 is 0 Å². The molecule has 1 rings (SSSR count). The summed E-state index contributed by atoms with van der Waals surface area (Å²) in [5.74, 6) is -2.93. The van der Waals surface area contributed by atoms with Gasteiger partial charge in [-0.25, -0.2) is 9.18 Å². The summed E-state index contributed by atoms with van der Waals surface area (Å²) in [6.07, 6.45) is -0.976. The van der Waals surface area contributed by atoms with Gasteiger partial charge in [0.1, 0.15) is 6.61 Å². The highest BCUT2D eigenvalue weighted by atomic mass is 19.1. The van der Waals surface area contributed by atoms with Gasteiger partial charge in [0, 0.05) is 12.8 Å². The molecule has 5 nitrogen and oxygen atoms in total. The highest BCUT2D eigenvalue weighted by Crippen LogP contribution is 2.22. The topological polar surface area (TPSA) is 69.7 Å². The molecule has 0 spiro atoms. The van der Waals surface area contributed by atoms with E-state index in [1.165, 1.54) is 6.92 Å². The van der Waals surface area contributed by atoms with Gasteiger partial charge < -0.3 is 9.47 Å². The van der Waals surface area contributed by atoms with Crippen LogP contribution in [-0.4, -0.2) is 30.0 Å². The number of ether oxygens (including phenoxy) is 2. The van der Waals surface area contributed by atoms with Crippen LogP contribution in [0.4, 0.5) is 4.39 Å². The Hall–Kier alpha value is -2.24. The van der Waals surface area contributed by atoms with E-state index in [1.54, 1.807) is 24.3 Å². The van der Waals surface area contributed by atoms with Crippen molar-refractivity contribution >= 4 is 17.7 Å². The van der Waals surface area contributed by atoms with Crippen molar-refractivity contribution in [1.29, 1.82) is 0 Å². The summed E-state index contributed by atoms with van der Waals surface area (Å²) in [5.41, 5.74) is -2.01. The van der Waals surface area contributed by atoms with Crippen LogP contribution in [0.2, 0.25) is 0 Å². The fourth-order valence-corrected chi connectivity index (χ4v) is 1.75. The van der Waals surface area contributed by atoms with Gasteiger partial charge >= 0.3 is 11.9 Å². The summed E-state index contributed by atoms with van der Waals surface area (Å²) in [7, 11) is 0. The molecule has 0 aliphatic heterocycles. The second-order valence-electron chi connectivity index (χ2n) is 4.72. The summed E-state index contributed by atoms with van der Waals surface area (Å²) < 4.78 is 23.9. The number of benzene rings is 1. The molecule has 1 atom stereocenters. The van der Waals surface area contributed by atoms with Crippen LogP contribution in [0.15, 0.2) is 30.3 Å². The van der Waals surface area contributed by atoms with Crippen LogP contribution in [0.3, 0.4) is 0 Å². The molecule has 6 heteroatoms. The Morgan fingerprint density at radius 3 is 2.32 bits per heavy atom. The lowest BCUT2D eigenvalue weighted by Crippen LogP contribution is -2.42. The molecule has 0 aromatic heterocycles. The van der Waals surface area contributed by atoms with Crippen LogP contribution in [0, 0.1) is 0 Å². The second-order valence-corrected chi connectivity index (χ2v) is 4.72. The van der Waals surface area contributed by atoms with E-state index in [2.05, 4.69) is 4.74 Å². The Balaban J connectivity index is 2.52. The maximum Gasteiger partial charge on any atom is 0.351 e. The number of halogens is 1. The highest BCUT2D eigenvalue weighted by molar-refractivity contribution is 6.06. The minimum absolute atomic E-state index is 0.0454. The van der Waals surface area contributed by atoms with Gasteiger partial charge in [0.2, 0.25) is 0 Å². The van der Waals surface area contributed by atoms with Crippen LogP contribution in [0.25, 0.3) is 0 Å². The first-order valence-electron chi connectivity index (χ1n) is 6.97. The maximum absolute atomic E-state index is 14.4. The molecule has 0 unspecified atom stereocenters. The molecule has 0 saturated heterocycles. The van der Waals surface area contributed by atoms with Gasteiger partial charge in [-0.15, -0.1) is 0 Å². The number of hydrogen-bond donors (Lipinski definition) is 0.